The van der Waals surface area contributed by atoms with Gasteiger partial charge in [-0.25, -0.2) is 4.39 Å². The second kappa shape index (κ2) is 8.69. The lowest BCUT2D eigenvalue weighted by atomic mass is 9.97. The van der Waals surface area contributed by atoms with Gasteiger partial charge in [0, 0.05) is 20.0 Å². The van der Waals surface area contributed by atoms with Gasteiger partial charge in [0.2, 0.25) is 11.8 Å². The molecule has 162 valence electrons. The molecule has 30 heavy (non-hydrogen) atoms. The molecule has 10 heteroatoms. The number of rotatable bonds is 4. The molecule has 2 N–H and O–H groups in total. The highest BCUT2D eigenvalue weighted by Crippen LogP contribution is 2.32. The van der Waals surface area contributed by atoms with Crippen molar-refractivity contribution in [3.63, 3.8) is 0 Å². The Labute approximate surface area is 179 Å². The molecule has 0 radical (unpaired) electrons. The first kappa shape index (κ1) is 22.2. The van der Waals surface area contributed by atoms with Gasteiger partial charge < -0.3 is 10.2 Å². The van der Waals surface area contributed by atoms with Crippen molar-refractivity contribution in [3.8, 4) is 0 Å². The average Bonchev–Trinajstić information content (AvgIpc) is 2.92. The van der Waals surface area contributed by atoms with E-state index >= 15 is 0 Å². The molecule has 1 aromatic rings. The van der Waals surface area contributed by atoms with Crippen molar-refractivity contribution in [1.82, 2.24) is 15.5 Å². The SMILES string of the molecule is CN(CC1CCNCC1)c1cc2c(cc1F)C(=O)N(C1CCC(=O)NC1=O)C2=O.Cl. The summed E-state index contributed by atoms with van der Waals surface area (Å²) in [5, 5.41) is 5.44. The maximum atomic E-state index is 14.8. The van der Waals surface area contributed by atoms with Gasteiger partial charge in [0.15, 0.2) is 0 Å². The molecule has 1 unspecified atom stereocenters. The lowest BCUT2D eigenvalue weighted by Gasteiger charge is -2.29. The van der Waals surface area contributed by atoms with Crippen molar-refractivity contribution in [2.75, 3.05) is 31.6 Å². The van der Waals surface area contributed by atoms with E-state index in [0.29, 0.717) is 12.5 Å². The highest BCUT2D eigenvalue weighted by Gasteiger charge is 2.45. The summed E-state index contributed by atoms with van der Waals surface area (Å²) in [6.07, 6.45) is 2.11. The van der Waals surface area contributed by atoms with E-state index in [0.717, 1.165) is 36.9 Å². The third-order valence-corrected chi connectivity index (χ3v) is 5.91. The normalized spacial score (nSPS) is 21.9. The van der Waals surface area contributed by atoms with Gasteiger partial charge in [-0.3, -0.25) is 29.4 Å². The third kappa shape index (κ3) is 3.91. The first-order chi connectivity index (χ1) is 13.9. The van der Waals surface area contributed by atoms with E-state index in [4.69, 9.17) is 0 Å². The molecule has 0 aliphatic carbocycles. The Kier molecular flexibility index (Phi) is 6.42. The van der Waals surface area contributed by atoms with Crippen molar-refractivity contribution in [3.05, 3.63) is 29.1 Å². The Morgan fingerprint density at radius 1 is 1.07 bits per heavy atom. The Morgan fingerprint density at radius 3 is 2.33 bits per heavy atom. The summed E-state index contributed by atoms with van der Waals surface area (Å²) in [7, 11) is 1.77. The molecular weight excluding hydrogens is 415 g/mol. The second-order valence-electron chi connectivity index (χ2n) is 7.87. The molecule has 4 rings (SSSR count). The molecule has 0 spiro atoms. The minimum absolute atomic E-state index is 0. The molecule has 2 fully saturated rings. The van der Waals surface area contributed by atoms with E-state index in [1.807, 2.05) is 0 Å². The van der Waals surface area contributed by atoms with Crippen LogP contribution in [0.4, 0.5) is 10.1 Å². The van der Waals surface area contributed by atoms with Crippen molar-refractivity contribution >= 4 is 41.7 Å². The van der Waals surface area contributed by atoms with Crippen LogP contribution in [0.15, 0.2) is 12.1 Å². The molecule has 1 aromatic carbocycles. The first-order valence-electron chi connectivity index (χ1n) is 9.83. The van der Waals surface area contributed by atoms with E-state index in [1.54, 1.807) is 11.9 Å². The topological polar surface area (TPSA) is 98.8 Å². The second-order valence-corrected chi connectivity index (χ2v) is 7.87. The standard InChI is InChI=1S/C20H23FN4O4.ClH/c1-24(10-11-4-6-22-7-5-11)16-9-13-12(8-14(16)21)19(28)25(20(13)29)15-2-3-17(26)23-18(15)27;/h8-9,11,15,22H,2-7,10H2,1H3,(H,23,26,27);1H. The van der Waals surface area contributed by atoms with E-state index in [-0.39, 0.29) is 42.1 Å². The van der Waals surface area contributed by atoms with Crippen molar-refractivity contribution in [1.29, 1.82) is 0 Å². The average molecular weight is 439 g/mol. The van der Waals surface area contributed by atoms with Gasteiger partial charge in [0.1, 0.15) is 11.9 Å². The maximum absolute atomic E-state index is 14.8. The number of halogens is 2. The summed E-state index contributed by atoms with van der Waals surface area (Å²) < 4.78 is 14.8. The molecule has 0 saturated carbocycles. The Bertz CT molecular complexity index is 903. The van der Waals surface area contributed by atoms with E-state index in [9.17, 15) is 23.6 Å². The third-order valence-electron chi connectivity index (χ3n) is 5.91. The van der Waals surface area contributed by atoms with Gasteiger partial charge in [-0.2, -0.15) is 0 Å². The molecule has 2 saturated heterocycles. The van der Waals surface area contributed by atoms with Crippen LogP contribution in [0.3, 0.4) is 0 Å². The molecule has 3 aliphatic rings. The van der Waals surface area contributed by atoms with Crippen LogP contribution in [-0.4, -0.2) is 61.3 Å². The number of hydrogen-bond donors (Lipinski definition) is 2. The highest BCUT2D eigenvalue weighted by molar-refractivity contribution is 6.23. The molecule has 0 bridgehead atoms. The molecule has 4 amide bonds. The molecular formula is C20H24ClFN4O4. The first-order valence-corrected chi connectivity index (χ1v) is 9.83. The minimum atomic E-state index is -1.06. The number of imide groups is 2. The number of carbonyl (C=O) groups excluding carboxylic acids is 4. The molecule has 1 atom stereocenters. The quantitative estimate of drug-likeness (QED) is 0.683. The highest BCUT2D eigenvalue weighted by atomic mass is 35.5. The largest absolute Gasteiger partial charge is 0.372 e. The van der Waals surface area contributed by atoms with Gasteiger partial charge in [-0.05, 0) is 50.4 Å². The fraction of sp³-hybridized carbons (Fsp3) is 0.500. The zero-order valence-corrected chi connectivity index (χ0v) is 17.4. The van der Waals surface area contributed by atoms with Gasteiger partial charge in [0.25, 0.3) is 11.8 Å². The zero-order valence-electron chi connectivity index (χ0n) is 16.6. The molecule has 0 aromatic heterocycles. The smallest absolute Gasteiger partial charge is 0.262 e. The van der Waals surface area contributed by atoms with Crippen LogP contribution < -0.4 is 15.5 Å². The van der Waals surface area contributed by atoms with Gasteiger partial charge in [0.05, 0.1) is 16.8 Å². The predicted molar refractivity (Wildman–Crippen MR) is 109 cm³/mol. The van der Waals surface area contributed by atoms with Crippen molar-refractivity contribution < 1.29 is 23.6 Å². The summed E-state index contributed by atoms with van der Waals surface area (Å²) in [6, 6.07) is 1.42. The number of anilines is 1. The number of piperidine rings is 2. The van der Waals surface area contributed by atoms with Gasteiger partial charge >= 0.3 is 0 Å². The molecule has 8 nitrogen and oxygen atoms in total. The Morgan fingerprint density at radius 2 is 1.70 bits per heavy atom. The summed E-state index contributed by atoms with van der Waals surface area (Å²) >= 11 is 0. The zero-order chi connectivity index (χ0) is 20.7. The van der Waals surface area contributed by atoms with Crippen LogP contribution in [0.2, 0.25) is 0 Å². The number of nitrogens with zero attached hydrogens (tertiary/aromatic N) is 2. The monoisotopic (exact) mass is 438 g/mol. The maximum Gasteiger partial charge on any atom is 0.262 e. The van der Waals surface area contributed by atoms with Crippen LogP contribution in [0.5, 0.6) is 0 Å². The number of nitrogens with one attached hydrogen (secondary N) is 2. The predicted octanol–water partition coefficient (Wildman–Crippen LogP) is 1.08. The van der Waals surface area contributed by atoms with Crippen LogP contribution in [0.25, 0.3) is 0 Å². The number of fused-ring (bicyclic) bond motifs is 1. The van der Waals surface area contributed by atoms with E-state index < -0.39 is 35.5 Å². The summed E-state index contributed by atoms with van der Waals surface area (Å²) in [4.78, 5) is 51.8. The Hall–Kier alpha value is -2.52. The van der Waals surface area contributed by atoms with Crippen LogP contribution in [0, 0.1) is 11.7 Å². The fourth-order valence-corrected chi connectivity index (χ4v) is 4.32. The number of amides is 4. The van der Waals surface area contributed by atoms with Crippen LogP contribution in [-0.2, 0) is 9.59 Å². The summed E-state index contributed by atoms with van der Waals surface area (Å²) in [5.74, 6) is -2.60. The van der Waals surface area contributed by atoms with Crippen molar-refractivity contribution in [2.24, 2.45) is 5.92 Å². The van der Waals surface area contributed by atoms with Gasteiger partial charge in [-0.15, -0.1) is 12.4 Å². The number of carbonyl (C=O) groups is 4. The summed E-state index contributed by atoms with van der Waals surface area (Å²) in [6.45, 7) is 2.51. The number of hydrogen-bond acceptors (Lipinski definition) is 6. The molecule has 3 heterocycles. The van der Waals surface area contributed by atoms with Crippen molar-refractivity contribution in [2.45, 2.75) is 31.7 Å². The fourth-order valence-electron chi connectivity index (χ4n) is 4.32. The number of benzene rings is 1. The van der Waals surface area contributed by atoms with Crippen LogP contribution in [0.1, 0.15) is 46.4 Å². The van der Waals surface area contributed by atoms with E-state index in [2.05, 4.69) is 10.6 Å². The van der Waals surface area contributed by atoms with Crippen LogP contribution >= 0.6 is 12.4 Å². The van der Waals surface area contributed by atoms with Gasteiger partial charge in [-0.1, -0.05) is 0 Å². The molecule has 3 aliphatic heterocycles. The minimum Gasteiger partial charge on any atom is -0.372 e. The van der Waals surface area contributed by atoms with E-state index in [1.165, 1.54) is 6.07 Å². The lowest BCUT2D eigenvalue weighted by Crippen LogP contribution is -2.54. The lowest BCUT2D eigenvalue weighted by molar-refractivity contribution is -0.136. The summed E-state index contributed by atoms with van der Waals surface area (Å²) in [5.41, 5.74) is 0.304. The Balaban J connectivity index is 0.00000256.